The predicted octanol–water partition coefficient (Wildman–Crippen LogP) is 5.40. The molecule has 1 atom stereocenters. The van der Waals surface area contributed by atoms with Crippen LogP contribution < -0.4 is 10.2 Å². The van der Waals surface area contributed by atoms with Gasteiger partial charge in [0.1, 0.15) is 0 Å². The van der Waals surface area contributed by atoms with Crippen LogP contribution in [0.15, 0.2) is 94.7 Å². The van der Waals surface area contributed by atoms with Crippen LogP contribution in [0.4, 0.5) is 5.69 Å². The van der Waals surface area contributed by atoms with Gasteiger partial charge >= 0.3 is 0 Å². The van der Waals surface area contributed by atoms with Crippen molar-refractivity contribution in [1.29, 1.82) is 0 Å². The number of carbonyl (C=O) groups is 2. The van der Waals surface area contributed by atoms with Crippen LogP contribution in [0.25, 0.3) is 0 Å². The Morgan fingerprint density at radius 1 is 1.00 bits per heavy atom. The molecule has 0 fully saturated rings. The number of nitrogens with zero attached hydrogens (tertiary/aromatic N) is 1. The lowest BCUT2D eigenvalue weighted by molar-refractivity contribution is -0.118. The first-order chi connectivity index (χ1) is 15.0. The average molecular weight is 429 g/mol. The number of hydrogen-bond acceptors (Lipinski definition) is 3. The highest BCUT2D eigenvalue weighted by molar-refractivity contribution is 8.04. The normalized spacial score (nSPS) is 15.5. The number of thioether (sulfide) groups is 1. The maximum atomic E-state index is 13.4. The van der Waals surface area contributed by atoms with Gasteiger partial charge in [0.25, 0.3) is 5.91 Å². The van der Waals surface area contributed by atoms with Gasteiger partial charge in [-0.2, -0.15) is 0 Å². The van der Waals surface area contributed by atoms with Crippen molar-refractivity contribution in [2.75, 3.05) is 4.90 Å². The molecule has 1 aliphatic rings. The molecule has 1 aliphatic heterocycles. The SMILES string of the molecule is Cc1ccccc1CN1C(=O)C(=CC(=O)NC(C)c2ccccc2)Sc2ccccc21. The molecule has 0 spiro atoms. The summed E-state index contributed by atoms with van der Waals surface area (Å²) < 4.78 is 0. The Hall–Kier alpha value is -3.31. The lowest BCUT2D eigenvalue weighted by Gasteiger charge is -2.30. The van der Waals surface area contributed by atoms with Crippen LogP contribution in [0.2, 0.25) is 0 Å². The molecule has 4 rings (SSSR count). The van der Waals surface area contributed by atoms with Gasteiger partial charge in [-0.1, -0.05) is 78.5 Å². The van der Waals surface area contributed by atoms with Crippen molar-refractivity contribution in [2.24, 2.45) is 0 Å². The summed E-state index contributed by atoms with van der Waals surface area (Å²) in [6.07, 6.45) is 1.42. The fraction of sp³-hybridized carbons (Fsp3) is 0.154. The summed E-state index contributed by atoms with van der Waals surface area (Å²) >= 11 is 1.34. The van der Waals surface area contributed by atoms with E-state index in [4.69, 9.17) is 0 Å². The van der Waals surface area contributed by atoms with Crippen LogP contribution in [0.3, 0.4) is 0 Å². The third kappa shape index (κ3) is 4.72. The quantitative estimate of drug-likeness (QED) is 0.554. The number of anilines is 1. The fourth-order valence-corrected chi connectivity index (χ4v) is 4.61. The first kappa shape index (κ1) is 20.9. The van der Waals surface area contributed by atoms with Gasteiger partial charge in [-0.25, -0.2) is 0 Å². The monoisotopic (exact) mass is 428 g/mol. The molecule has 5 heteroatoms. The molecule has 2 amide bonds. The molecule has 156 valence electrons. The second-order valence-electron chi connectivity index (χ2n) is 7.54. The van der Waals surface area contributed by atoms with Crippen molar-refractivity contribution in [3.63, 3.8) is 0 Å². The Labute approximate surface area is 187 Å². The third-order valence-corrected chi connectivity index (χ3v) is 6.42. The Morgan fingerprint density at radius 3 is 2.45 bits per heavy atom. The van der Waals surface area contributed by atoms with Crippen LogP contribution in [-0.2, 0) is 16.1 Å². The summed E-state index contributed by atoms with van der Waals surface area (Å²) in [6, 6.07) is 25.5. The lowest BCUT2D eigenvalue weighted by atomic mass is 10.1. The van der Waals surface area contributed by atoms with Crippen molar-refractivity contribution in [3.8, 4) is 0 Å². The summed E-state index contributed by atoms with van der Waals surface area (Å²) in [7, 11) is 0. The van der Waals surface area contributed by atoms with Crippen LogP contribution in [0, 0.1) is 6.92 Å². The van der Waals surface area contributed by atoms with E-state index >= 15 is 0 Å². The minimum absolute atomic E-state index is 0.149. The van der Waals surface area contributed by atoms with E-state index < -0.39 is 0 Å². The molecule has 3 aromatic rings. The molecule has 0 aromatic heterocycles. The number of amides is 2. The molecule has 1 N–H and O–H groups in total. The van der Waals surface area contributed by atoms with Gasteiger partial charge in [-0.3, -0.25) is 9.59 Å². The van der Waals surface area contributed by atoms with E-state index in [0.717, 1.165) is 27.3 Å². The fourth-order valence-electron chi connectivity index (χ4n) is 3.58. The minimum atomic E-state index is -0.276. The van der Waals surface area contributed by atoms with Gasteiger partial charge in [-0.05, 0) is 42.7 Å². The molecule has 0 saturated carbocycles. The van der Waals surface area contributed by atoms with Crippen LogP contribution >= 0.6 is 11.8 Å². The van der Waals surface area contributed by atoms with Crippen molar-refractivity contribution >= 4 is 29.3 Å². The number of fused-ring (bicyclic) bond motifs is 1. The van der Waals surface area contributed by atoms with E-state index in [0.29, 0.717) is 11.4 Å². The summed E-state index contributed by atoms with van der Waals surface area (Å²) in [6.45, 7) is 4.43. The second kappa shape index (κ2) is 9.23. The molecule has 4 nitrogen and oxygen atoms in total. The number of para-hydroxylation sites is 1. The molecule has 0 aliphatic carbocycles. The van der Waals surface area contributed by atoms with E-state index in [1.165, 1.54) is 17.8 Å². The molecule has 1 heterocycles. The molecule has 3 aromatic carbocycles. The topological polar surface area (TPSA) is 49.4 Å². The maximum absolute atomic E-state index is 13.4. The van der Waals surface area contributed by atoms with Crippen molar-refractivity contribution in [1.82, 2.24) is 5.32 Å². The smallest absolute Gasteiger partial charge is 0.265 e. The Morgan fingerprint density at radius 2 is 1.68 bits per heavy atom. The molecule has 0 radical (unpaired) electrons. The molecule has 1 unspecified atom stereocenters. The van der Waals surface area contributed by atoms with E-state index in [-0.39, 0.29) is 17.9 Å². The number of nitrogens with one attached hydrogen (secondary N) is 1. The number of rotatable bonds is 5. The van der Waals surface area contributed by atoms with Gasteiger partial charge in [0.15, 0.2) is 0 Å². The second-order valence-corrected chi connectivity index (χ2v) is 8.62. The highest BCUT2D eigenvalue weighted by atomic mass is 32.2. The van der Waals surface area contributed by atoms with Crippen LogP contribution in [-0.4, -0.2) is 11.8 Å². The van der Waals surface area contributed by atoms with Crippen LogP contribution in [0.1, 0.15) is 29.7 Å². The first-order valence-corrected chi connectivity index (χ1v) is 11.0. The summed E-state index contributed by atoms with van der Waals surface area (Å²) in [5.74, 6) is -0.433. The highest BCUT2D eigenvalue weighted by Gasteiger charge is 2.30. The zero-order chi connectivity index (χ0) is 21.8. The summed E-state index contributed by atoms with van der Waals surface area (Å²) in [5.41, 5.74) is 4.10. The zero-order valence-corrected chi connectivity index (χ0v) is 18.4. The predicted molar refractivity (Wildman–Crippen MR) is 126 cm³/mol. The zero-order valence-electron chi connectivity index (χ0n) is 17.5. The minimum Gasteiger partial charge on any atom is -0.346 e. The number of benzene rings is 3. The number of carbonyl (C=O) groups excluding carboxylic acids is 2. The molecular formula is C26H24N2O2S. The van der Waals surface area contributed by atoms with Gasteiger partial charge in [0, 0.05) is 11.0 Å². The highest BCUT2D eigenvalue weighted by Crippen LogP contribution is 2.42. The standard InChI is InChI=1S/C26H24N2O2S/c1-18-10-6-7-13-21(18)17-28-22-14-8-9-15-23(22)31-24(26(28)30)16-25(29)27-19(2)20-11-4-3-5-12-20/h3-16,19H,17H2,1-2H3,(H,27,29). The summed E-state index contributed by atoms with van der Waals surface area (Å²) in [4.78, 5) is 29.2. The largest absolute Gasteiger partial charge is 0.346 e. The van der Waals surface area contributed by atoms with Gasteiger partial charge in [0.2, 0.25) is 5.91 Å². The van der Waals surface area contributed by atoms with E-state index in [1.807, 2.05) is 92.7 Å². The lowest BCUT2D eigenvalue weighted by Crippen LogP contribution is -2.35. The molecule has 0 saturated heterocycles. The van der Waals surface area contributed by atoms with Crippen molar-refractivity contribution in [2.45, 2.75) is 31.3 Å². The van der Waals surface area contributed by atoms with E-state index in [1.54, 1.807) is 4.90 Å². The van der Waals surface area contributed by atoms with Gasteiger partial charge < -0.3 is 10.2 Å². The van der Waals surface area contributed by atoms with Crippen molar-refractivity contribution < 1.29 is 9.59 Å². The third-order valence-electron chi connectivity index (χ3n) is 5.34. The average Bonchev–Trinajstić information content (AvgIpc) is 2.78. The maximum Gasteiger partial charge on any atom is 0.265 e. The van der Waals surface area contributed by atoms with E-state index in [9.17, 15) is 9.59 Å². The summed E-state index contributed by atoms with van der Waals surface area (Å²) in [5, 5.41) is 2.96. The Balaban J connectivity index is 1.59. The molecule has 0 bridgehead atoms. The molecular weight excluding hydrogens is 404 g/mol. The van der Waals surface area contributed by atoms with Gasteiger partial charge in [0.05, 0.1) is 23.2 Å². The van der Waals surface area contributed by atoms with Gasteiger partial charge in [-0.15, -0.1) is 0 Å². The number of hydrogen-bond donors (Lipinski definition) is 1. The van der Waals surface area contributed by atoms with Crippen molar-refractivity contribution in [3.05, 3.63) is 107 Å². The van der Waals surface area contributed by atoms with Crippen LogP contribution in [0.5, 0.6) is 0 Å². The molecule has 31 heavy (non-hydrogen) atoms. The first-order valence-electron chi connectivity index (χ1n) is 10.2. The Kier molecular flexibility index (Phi) is 6.23. The Bertz CT molecular complexity index is 1140. The number of aryl methyl sites for hydroxylation is 1. The van der Waals surface area contributed by atoms with E-state index in [2.05, 4.69) is 5.32 Å².